The summed E-state index contributed by atoms with van der Waals surface area (Å²) in [6.45, 7) is 6.25. The molecular weight excluding hydrogens is 414 g/mol. The van der Waals surface area contributed by atoms with E-state index in [0.717, 1.165) is 61.3 Å². The molecule has 4 heterocycles. The molecule has 1 aliphatic rings. The molecule has 174 valence electrons. The minimum Gasteiger partial charge on any atom is -0.376 e. The van der Waals surface area contributed by atoms with Gasteiger partial charge in [0.25, 0.3) is 5.56 Å². The van der Waals surface area contributed by atoms with Crippen LogP contribution in [0, 0.1) is 6.92 Å². The monoisotopic (exact) mass is 447 g/mol. The van der Waals surface area contributed by atoms with E-state index in [1.807, 2.05) is 31.2 Å². The topological polar surface area (TPSA) is 74.8 Å². The minimum absolute atomic E-state index is 0.0377. The number of ether oxygens (including phenoxy) is 1. The van der Waals surface area contributed by atoms with Crippen LogP contribution < -0.4 is 5.56 Å². The summed E-state index contributed by atoms with van der Waals surface area (Å²) in [5.74, 6) is 0.722. The zero-order valence-corrected chi connectivity index (χ0v) is 19.7. The van der Waals surface area contributed by atoms with E-state index in [1.165, 1.54) is 25.7 Å². The van der Waals surface area contributed by atoms with Crippen LogP contribution in [0.2, 0.25) is 0 Å². The van der Waals surface area contributed by atoms with E-state index in [2.05, 4.69) is 11.5 Å². The van der Waals surface area contributed by atoms with E-state index in [-0.39, 0.29) is 11.7 Å². The molecule has 0 radical (unpaired) electrons. The maximum atomic E-state index is 13.7. The van der Waals surface area contributed by atoms with Crippen molar-refractivity contribution in [1.29, 1.82) is 0 Å². The fourth-order valence-electron chi connectivity index (χ4n) is 4.97. The van der Waals surface area contributed by atoms with Gasteiger partial charge in [-0.15, -0.1) is 0 Å². The molecule has 0 bridgehead atoms. The van der Waals surface area contributed by atoms with Gasteiger partial charge in [-0.2, -0.15) is 0 Å². The van der Waals surface area contributed by atoms with E-state index in [1.54, 1.807) is 4.57 Å². The Morgan fingerprint density at radius 2 is 1.73 bits per heavy atom. The van der Waals surface area contributed by atoms with Gasteiger partial charge in [-0.05, 0) is 38.3 Å². The summed E-state index contributed by atoms with van der Waals surface area (Å²) < 4.78 is 9.69. The van der Waals surface area contributed by atoms with Gasteiger partial charge < -0.3 is 9.30 Å². The van der Waals surface area contributed by atoms with Crippen LogP contribution in [0.1, 0.15) is 64.1 Å². The van der Waals surface area contributed by atoms with Crippen molar-refractivity contribution in [1.82, 2.24) is 24.1 Å². The molecule has 7 nitrogen and oxygen atoms in total. The molecule has 0 aliphatic carbocycles. The summed E-state index contributed by atoms with van der Waals surface area (Å²) in [6, 6.07) is 7.85. The Bertz CT molecular complexity index is 1330. The number of unbranched alkanes of at least 4 members (excludes halogenated alkanes) is 5. The van der Waals surface area contributed by atoms with Crippen molar-refractivity contribution in [2.45, 2.75) is 84.4 Å². The predicted octanol–water partition coefficient (Wildman–Crippen LogP) is 5.14. The maximum Gasteiger partial charge on any atom is 0.265 e. The van der Waals surface area contributed by atoms with Crippen LogP contribution in [0.4, 0.5) is 0 Å². The largest absolute Gasteiger partial charge is 0.376 e. The average Bonchev–Trinajstić information content (AvgIpc) is 3.43. The summed E-state index contributed by atoms with van der Waals surface area (Å²) in [6.07, 6.45) is 9.35. The molecule has 0 saturated carbocycles. The molecule has 1 aromatic carbocycles. The molecule has 4 aromatic rings. The second-order valence-electron chi connectivity index (χ2n) is 9.21. The third-order valence-electron chi connectivity index (χ3n) is 6.79. The molecule has 0 N–H and O–H groups in total. The van der Waals surface area contributed by atoms with E-state index < -0.39 is 0 Å². The second-order valence-corrected chi connectivity index (χ2v) is 9.21. The van der Waals surface area contributed by atoms with Crippen molar-refractivity contribution < 1.29 is 4.74 Å². The van der Waals surface area contributed by atoms with Gasteiger partial charge in [-0.1, -0.05) is 51.2 Å². The molecule has 1 fully saturated rings. The van der Waals surface area contributed by atoms with Crippen molar-refractivity contribution >= 4 is 33.2 Å². The molecule has 3 aromatic heterocycles. The number of aromatic nitrogens is 5. The molecule has 5 rings (SSSR count). The highest BCUT2D eigenvalue weighted by Crippen LogP contribution is 2.26. The number of hydrogen-bond donors (Lipinski definition) is 0. The van der Waals surface area contributed by atoms with Gasteiger partial charge in [0, 0.05) is 13.2 Å². The SMILES string of the molecule is CCCCCCCCn1c2nc3ccccc3nc2c2c(=O)n(CC3CCCO3)c(C)nc21. The molecule has 1 aliphatic heterocycles. The van der Waals surface area contributed by atoms with Crippen LogP contribution >= 0.6 is 0 Å². The van der Waals surface area contributed by atoms with Gasteiger partial charge in [0.1, 0.15) is 16.7 Å². The van der Waals surface area contributed by atoms with Crippen LogP contribution in [0.5, 0.6) is 0 Å². The first-order valence-electron chi connectivity index (χ1n) is 12.4. The number of rotatable bonds is 9. The van der Waals surface area contributed by atoms with Gasteiger partial charge in [0.2, 0.25) is 0 Å². The molecule has 1 atom stereocenters. The first-order valence-corrected chi connectivity index (χ1v) is 12.4. The van der Waals surface area contributed by atoms with Gasteiger partial charge in [-0.3, -0.25) is 9.36 Å². The van der Waals surface area contributed by atoms with Crippen molar-refractivity contribution in [3.8, 4) is 0 Å². The molecule has 0 amide bonds. The highest BCUT2D eigenvalue weighted by Gasteiger charge is 2.23. The second kappa shape index (κ2) is 9.59. The summed E-state index contributed by atoms with van der Waals surface area (Å²) in [5.41, 5.74) is 3.73. The lowest BCUT2D eigenvalue weighted by Crippen LogP contribution is -2.29. The smallest absolute Gasteiger partial charge is 0.265 e. The summed E-state index contributed by atoms with van der Waals surface area (Å²) in [7, 11) is 0. The molecular formula is C26H33N5O2. The molecule has 1 saturated heterocycles. The van der Waals surface area contributed by atoms with Gasteiger partial charge >= 0.3 is 0 Å². The average molecular weight is 448 g/mol. The number of benzene rings is 1. The summed E-state index contributed by atoms with van der Waals surface area (Å²) in [4.78, 5) is 28.5. The molecule has 1 unspecified atom stereocenters. The van der Waals surface area contributed by atoms with E-state index in [0.29, 0.717) is 23.1 Å². The van der Waals surface area contributed by atoms with E-state index in [4.69, 9.17) is 19.7 Å². The maximum absolute atomic E-state index is 13.7. The van der Waals surface area contributed by atoms with Crippen LogP contribution in [0.25, 0.3) is 33.2 Å². The normalized spacial score (nSPS) is 16.5. The number of fused-ring (bicyclic) bond motifs is 4. The van der Waals surface area contributed by atoms with Crippen LogP contribution in [-0.2, 0) is 17.8 Å². The highest BCUT2D eigenvalue weighted by molar-refractivity contribution is 6.04. The predicted molar refractivity (Wildman–Crippen MR) is 132 cm³/mol. The third kappa shape index (κ3) is 4.26. The van der Waals surface area contributed by atoms with Crippen molar-refractivity contribution in [2.24, 2.45) is 0 Å². The van der Waals surface area contributed by atoms with Crippen LogP contribution in [-0.4, -0.2) is 36.8 Å². The number of hydrogen-bond acceptors (Lipinski definition) is 5. The first kappa shape index (κ1) is 22.0. The van der Waals surface area contributed by atoms with Crippen molar-refractivity contribution in [2.75, 3.05) is 6.61 Å². The number of aryl methyl sites for hydroxylation is 2. The lowest BCUT2D eigenvalue weighted by Gasteiger charge is -2.14. The fourth-order valence-corrected chi connectivity index (χ4v) is 4.97. The van der Waals surface area contributed by atoms with E-state index >= 15 is 0 Å². The van der Waals surface area contributed by atoms with Crippen molar-refractivity contribution in [3.63, 3.8) is 0 Å². The Balaban J connectivity index is 1.61. The zero-order valence-electron chi connectivity index (χ0n) is 19.7. The van der Waals surface area contributed by atoms with Crippen LogP contribution in [0.3, 0.4) is 0 Å². The Kier molecular flexibility index (Phi) is 6.40. The lowest BCUT2D eigenvalue weighted by molar-refractivity contribution is 0.0955. The molecule has 0 spiro atoms. The number of para-hydroxylation sites is 2. The summed E-state index contributed by atoms with van der Waals surface area (Å²) >= 11 is 0. The standard InChI is InChI=1S/C26H33N5O2/c1-3-4-5-6-7-10-15-30-24-22(23-25(30)29-21-14-9-8-13-20(21)28-23)26(32)31(18(2)27-24)17-19-12-11-16-33-19/h8-9,13-14,19H,3-7,10-12,15-17H2,1-2H3. The number of nitrogens with zero attached hydrogens (tertiary/aromatic N) is 5. The van der Waals surface area contributed by atoms with Gasteiger partial charge in [0.15, 0.2) is 11.3 Å². The third-order valence-corrected chi connectivity index (χ3v) is 6.79. The van der Waals surface area contributed by atoms with E-state index in [9.17, 15) is 4.79 Å². The molecule has 33 heavy (non-hydrogen) atoms. The van der Waals surface area contributed by atoms with Gasteiger partial charge in [-0.25, -0.2) is 15.0 Å². The minimum atomic E-state index is -0.0377. The van der Waals surface area contributed by atoms with Crippen molar-refractivity contribution in [3.05, 3.63) is 40.4 Å². The summed E-state index contributed by atoms with van der Waals surface area (Å²) in [5, 5.41) is 0.581. The Hall–Kier alpha value is -2.80. The first-order chi connectivity index (χ1) is 16.2. The zero-order chi connectivity index (χ0) is 22.8. The fraction of sp³-hybridized carbons (Fsp3) is 0.538. The lowest BCUT2D eigenvalue weighted by atomic mass is 10.1. The Morgan fingerprint density at radius 1 is 0.970 bits per heavy atom. The van der Waals surface area contributed by atoms with Crippen LogP contribution in [0.15, 0.2) is 29.1 Å². The van der Waals surface area contributed by atoms with Gasteiger partial charge in [0.05, 0.1) is 23.7 Å². The highest BCUT2D eigenvalue weighted by atomic mass is 16.5. The Morgan fingerprint density at radius 3 is 2.48 bits per heavy atom. The Labute approximate surface area is 193 Å². The molecule has 7 heteroatoms. The quantitative estimate of drug-likeness (QED) is 0.332.